The third-order valence-electron chi connectivity index (χ3n) is 4.16. The van der Waals surface area contributed by atoms with E-state index in [-0.39, 0.29) is 18.5 Å². The highest BCUT2D eigenvalue weighted by Crippen LogP contribution is 2.30. The van der Waals surface area contributed by atoms with Crippen molar-refractivity contribution in [3.8, 4) is 17.2 Å². The normalized spacial score (nSPS) is 12.7. The third kappa shape index (κ3) is 4.49. The predicted molar refractivity (Wildman–Crippen MR) is 96.9 cm³/mol. The first kappa shape index (κ1) is 19.0. The van der Waals surface area contributed by atoms with Crippen LogP contribution in [-0.4, -0.2) is 33.0 Å². The summed E-state index contributed by atoms with van der Waals surface area (Å²) in [7, 11) is 1.55. The molecule has 2 aromatic rings. The van der Waals surface area contributed by atoms with Crippen molar-refractivity contribution in [3.63, 3.8) is 0 Å². The first-order valence-corrected chi connectivity index (χ1v) is 8.73. The Labute approximate surface area is 157 Å². The second kappa shape index (κ2) is 8.73. The van der Waals surface area contributed by atoms with E-state index in [1.807, 2.05) is 6.92 Å². The van der Waals surface area contributed by atoms with Gasteiger partial charge in [0.15, 0.2) is 18.3 Å². The zero-order valence-electron chi connectivity index (χ0n) is 15.3. The molecule has 144 valence electrons. The molecule has 2 aromatic carbocycles. The number of methoxy groups -OCH3 is 1. The second-order valence-electron chi connectivity index (χ2n) is 5.97. The molecule has 0 saturated carbocycles. The smallest absolute Gasteiger partial charge is 0.251 e. The van der Waals surface area contributed by atoms with Crippen molar-refractivity contribution >= 4 is 5.91 Å². The Balaban J connectivity index is 1.65. The monoisotopic (exact) mass is 375 g/mol. The molecule has 1 heterocycles. The number of fused-ring (bicyclic) bond motifs is 1. The molecular formula is C20H22FNO5. The number of nitrogens with one attached hydrogen (secondary N) is 1. The van der Waals surface area contributed by atoms with Crippen molar-refractivity contribution in [1.82, 2.24) is 5.32 Å². The van der Waals surface area contributed by atoms with Gasteiger partial charge < -0.3 is 24.3 Å². The van der Waals surface area contributed by atoms with E-state index in [0.717, 1.165) is 0 Å². The zero-order valence-corrected chi connectivity index (χ0v) is 15.3. The third-order valence-corrected chi connectivity index (χ3v) is 4.16. The summed E-state index contributed by atoms with van der Waals surface area (Å²) in [5.41, 5.74) is 1.85. The predicted octanol–water partition coefficient (Wildman–Crippen LogP) is 3.07. The van der Waals surface area contributed by atoms with E-state index >= 15 is 0 Å². The van der Waals surface area contributed by atoms with Gasteiger partial charge in [0, 0.05) is 17.7 Å². The number of ether oxygens (including phenoxy) is 4. The number of carbonyl (C=O) groups excluding carboxylic acids is 1. The molecule has 1 aliphatic heterocycles. The summed E-state index contributed by atoms with van der Waals surface area (Å²) < 4.78 is 35.1. The lowest BCUT2D eigenvalue weighted by molar-refractivity contribution is -0.0172. The molecule has 27 heavy (non-hydrogen) atoms. The number of hydrogen-bond acceptors (Lipinski definition) is 5. The quantitative estimate of drug-likeness (QED) is 0.806. The molecule has 0 saturated heterocycles. The molecule has 0 spiro atoms. The first-order chi connectivity index (χ1) is 13.1. The molecule has 7 heteroatoms. The van der Waals surface area contributed by atoms with Crippen molar-refractivity contribution in [2.75, 3.05) is 27.1 Å². The summed E-state index contributed by atoms with van der Waals surface area (Å²) in [4.78, 5) is 12.4. The highest BCUT2D eigenvalue weighted by atomic mass is 19.1. The van der Waals surface area contributed by atoms with E-state index < -0.39 is 0 Å². The van der Waals surface area contributed by atoms with Crippen LogP contribution in [0.25, 0.3) is 0 Å². The van der Waals surface area contributed by atoms with Gasteiger partial charge in [0.25, 0.3) is 5.91 Å². The molecule has 0 atom stereocenters. The summed E-state index contributed by atoms with van der Waals surface area (Å²) in [5, 5.41) is 2.84. The summed E-state index contributed by atoms with van der Waals surface area (Å²) in [5.74, 6) is 1.13. The molecule has 0 fully saturated rings. The first-order valence-electron chi connectivity index (χ1n) is 8.73. The maximum atomic E-state index is 13.8. The molecular weight excluding hydrogens is 353 g/mol. The number of rotatable bonds is 7. The molecule has 1 amide bonds. The van der Waals surface area contributed by atoms with Crippen LogP contribution in [-0.2, 0) is 17.8 Å². The van der Waals surface area contributed by atoms with Gasteiger partial charge in [0.1, 0.15) is 11.6 Å². The van der Waals surface area contributed by atoms with Crippen molar-refractivity contribution in [1.29, 1.82) is 0 Å². The van der Waals surface area contributed by atoms with Gasteiger partial charge in [-0.2, -0.15) is 0 Å². The van der Waals surface area contributed by atoms with Gasteiger partial charge in [-0.25, -0.2) is 4.39 Å². The lowest BCUT2D eigenvalue weighted by atomic mass is 10.1. The van der Waals surface area contributed by atoms with Gasteiger partial charge in [0.2, 0.25) is 0 Å². The van der Waals surface area contributed by atoms with E-state index in [4.69, 9.17) is 18.9 Å². The van der Waals surface area contributed by atoms with Crippen molar-refractivity contribution in [2.24, 2.45) is 0 Å². The summed E-state index contributed by atoms with van der Waals surface area (Å²) in [6.45, 7) is 3.13. The maximum absolute atomic E-state index is 13.8. The fourth-order valence-electron chi connectivity index (χ4n) is 2.94. The van der Waals surface area contributed by atoms with Crippen molar-refractivity contribution in [2.45, 2.75) is 20.0 Å². The van der Waals surface area contributed by atoms with Gasteiger partial charge in [-0.15, -0.1) is 0 Å². The van der Waals surface area contributed by atoms with Crippen LogP contribution >= 0.6 is 0 Å². The Kier molecular flexibility index (Phi) is 6.13. The maximum Gasteiger partial charge on any atom is 0.251 e. The van der Waals surface area contributed by atoms with Crippen LogP contribution in [0.2, 0.25) is 0 Å². The van der Waals surface area contributed by atoms with Gasteiger partial charge in [-0.3, -0.25) is 4.79 Å². The fourth-order valence-corrected chi connectivity index (χ4v) is 2.94. The highest BCUT2D eigenvalue weighted by Gasteiger charge is 2.17. The molecule has 0 aliphatic carbocycles. The van der Waals surface area contributed by atoms with E-state index in [2.05, 4.69) is 5.32 Å². The summed E-state index contributed by atoms with van der Waals surface area (Å²) in [6, 6.07) is 7.83. The lowest BCUT2D eigenvalue weighted by Crippen LogP contribution is -2.26. The Morgan fingerprint density at radius 1 is 1.26 bits per heavy atom. The van der Waals surface area contributed by atoms with E-state index in [1.54, 1.807) is 25.3 Å². The molecule has 0 aromatic heterocycles. The van der Waals surface area contributed by atoms with Gasteiger partial charge in [0.05, 0.1) is 20.3 Å². The van der Waals surface area contributed by atoms with Crippen LogP contribution < -0.4 is 19.5 Å². The standard InChI is InChI=1S/C20H22FNO5/c1-3-26-18-10-14(4-5-17(18)24-2)20(23)22-7-6-13-8-16(21)9-15-11-25-12-27-19(13)15/h4-5,8-10H,3,6-7,11-12H2,1-2H3,(H,22,23). The van der Waals surface area contributed by atoms with Crippen molar-refractivity contribution < 1.29 is 28.1 Å². The van der Waals surface area contributed by atoms with Gasteiger partial charge in [-0.1, -0.05) is 0 Å². The topological polar surface area (TPSA) is 66.0 Å². The molecule has 0 unspecified atom stereocenters. The average molecular weight is 375 g/mol. The molecule has 0 radical (unpaired) electrons. The second-order valence-corrected chi connectivity index (χ2v) is 5.97. The molecule has 3 rings (SSSR count). The summed E-state index contributed by atoms with van der Waals surface area (Å²) in [6.07, 6.45) is 0.445. The van der Waals surface area contributed by atoms with Gasteiger partial charge in [-0.05, 0) is 49.2 Å². The largest absolute Gasteiger partial charge is 0.493 e. The fraction of sp³-hybridized carbons (Fsp3) is 0.350. The highest BCUT2D eigenvalue weighted by molar-refractivity contribution is 5.94. The summed E-state index contributed by atoms with van der Waals surface area (Å²) >= 11 is 0. The van der Waals surface area contributed by atoms with E-state index in [9.17, 15) is 9.18 Å². The number of halogens is 1. The molecule has 6 nitrogen and oxygen atoms in total. The van der Waals surface area contributed by atoms with Crippen LogP contribution in [0, 0.1) is 5.82 Å². The Morgan fingerprint density at radius 2 is 2.11 bits per heavy atom. The zero-order chi connectivity index (χ0) is 19.2. The van der Waals surface area contributed by atoms with Crippen LogP contribution in [0.5, 0.6) is 17.2 Å². The molecule has 0 bridgehead atoms. The average Bonchev–Trinajstić information content (AvgIpc) is 2.68. The van der Waals surface area contributed by atoms with E-state index in [0.29, 0.717) is 60.1 Å². The van der Waals surface area contributed by atoms with Crippen LogP contribution in [0.1, 0.15) is 28.4 Å². The minimum absolute atomic E-state index is 0.143. The van der Waals surface area contributed by atoms with Crippen molar-refractivity contribution in [3.05, 3.63) is 52.8 Å². The molecule has 1 aliphatic rings. The Hall–Kier alpha value is -2.80. The lowest BCUT2D eigenvalue weighted by Gasteiger charge is -2.21. The van der Waals surface area contributed by atoms with Gasteiger partial charge >= 0.3 is 0 Å². The minimum Gasteiger partial charge on any atom is -0.493 e. The minimum atomic E-state index is -0.347. The van der Waals surface area contributed by atoms with Crippen LogP contribution in [0.4, 0.5) is 4.39 Å². The van der Waals surface area contributed by atoms with Crippen LogP contribution in [0.3, 0.4) is 0 Å². The molecule has 1 N–H and O–H groups in total. The SMILES string of the molecule is CCOc1cc(C(=O)NCCc2cc(F)cc3c2OCOC3)ccc1OC. The van der Waals surface area contributed by atoms with E-state index in [1.165, 1.54) is 12.1 Å². The van der Waals surface area contributed by atoms with Crippen LogP contribution in [0.15, 0.2) is 30.3 Å². The number of benzene rings is 2. The Bertz CT molecular complexity index is 824. The Morgan fingerprint density at radius 3 is 2.89 bits per heavy atom. The number of amides is 1. The number of hydrogen-bond donors (Lipinski definition) is 1. The number of carbonyl (C=O) groups is 1.